The maximum absolute atomic E-state index is 5.39. The van der Waals surface area contributed by atoms with Crippen LogP contribution in [-0.4, -0.2) is 59.2 Å². The molecule has 0 aliphatic carbocycles. The first-order valence-electron chi connectivity index (χ1n) is 9.25. The van der Waals surface area contributed by atoms with Gasteiger partial charge in [0, 0.05) is 43.8 Å². The smallest absolute Gasteiger partial charge is 0.223 e. The van der Waals surface area contributed by atoms with Gasteiger partial charge in [-0.1, -0.05) is 6.07 Å². The number of anilines is 1. The zero-order valence-corrected chi connectivity index (χ0v) is 16.0. The van der Waals surface area contributed by atoms with Crippen molar-refractivity contribution in [2.45, 2.75) is 6.42 Å². The quantitative estimate of drug-likeness (QED) is 0.633. The normalized spacial score (nSPS) is 15.0. The molecule has 0 unspecified atom stereocenters. The maximum atomic E-state index is 5.39. The second-order valence-corrected chi connectivity index (χ2v) is 7.35. The minimum absolute atomic E-state index is 0.679. The highest BCUT2D eigenvalue weighted by Gasteiger charge is 2.13. The van der Waals surface area contributed by atoms with Crippen LogP contribution in [-0.2, 0) is 4.74 Å². The molecule has 0 spiro atoms. The van der Waals surface area contributed by atoms with Gasteiger partial charge in [-0.2, -0.15) is 0 Å². The summed E-state index contributed by atoms with van der Waals surface area (Å²) in [6.45, 7) is 5.67. The van der Waals surface area contributed by atoms with Crippen molar-refractivity contribution < 1.29 is 4.74 Å². The number of morpholine rings is 1. The minimum Gasteiger partial charge on any atom is -0.379 e. The molecule has 1 fully saturated rings. The Kier molecular flexibility index (Phi) is 6.03. The Morgan fingerprint density at radius 3 is 2.78 bits per heavy atom. The summed E-state index contributed by atoms with van der Waals surface area (Å²) < 4.78 is 5.39. The molecule has 0 bridgehead atoms. The van der Waals surface area contributed by atoms with Gasteiger partial charge in [0.1, 0.15) is 0 Å². The molecule has 1 aliphatic heterocycles. The summed E-state index contributed by atoms with van der Waals surface area (Å²) in [5.74, 6) is 0.679. The zero-order chi connectivity index (χ0) is 18.3. The van der Waals surface area contributed by atoms with E-state index in [4.69, 9.17) is 9.72 Å². The summed E-state index contributed by atoms with van der Waals surface area (Å²) in [6.07, 6.45) is 6.56. The summed E-state index contributed by atoms with van der Waals surface area (Å²) in [4.78, 5) is 17.0. The molecule has 1 saturated heterocycles. The zero-order valence-electron chi connectivity index (χ0n) is 15.2. The lowest BCUT2D eigenvalue weighted by atomic mass is 10.1. The fourth-order valence-corrected chi connectivity index (χ4v) is 3.87. The largest absolute Gasteiger partial charge is 0.379 e. The second kappa shape index (κ2) is 9.03. The van der Waals surface area contributed by atoms with Crippen molar-refractivity contribution in [3.8, 4) is 21.7 Å². The molecule has 3 aromatic rings. The van der Waals surface area contributed by atoms with Crippen molar-refractivity contribution in [1.82, 2.24) is 19.9 Å². The molecule has 4 heterocycles. The fourth-order valence-electron chi connectivity index (χ4n) is 3.14. The van der Waals surface area contributed by atoms with Crippen LogP contribution in [0.15, 0.2) is 48.2 Å². The molecule has 3 aromatic heterocycles. The molecule has 1 N–H and O–H groups in total. The Labute approximate surface area is 163 Å². The van der Waals surface area contributed by atoms with Gasteiger partial charge in [-0.15, -0.1) is 11.3 Å². The maximum Gasteiger partial charge on any atom is 0.223 e. The third-order valence-electron chi connectivity index (χ3n) is 4.57. The van der Waals surface area contributed by atoms with E-state index in [2.05, 4.69) is 31.6 Å². The number of aromatic nitrogens is 3. The lowest BCUT2D eigenvalue weighted by Gasteiger charge is -2.26. The number of rotatable bonds is 7. The first-order chi connectivity index (χ1) is 13.4. The molecule has 0 saturated carbocycles. The first kappa shape index (κ1) is 18.0. The highest BCUT2D eigenvalue weighted by Crippen LogP contribution is 2.33. The van der Waals surface area contributed by atoms with E-state index in [1.165, 1.54) is 0 Å². The van der Waals surface area contributed by atoms with E-state index in [0.717, 1.165) is 67.5 Å². The van der Waals surface area contributed by atoms with Crippen LogP contribution in [0.2, 0.25) is 0 Å². The standard InChI is InChI=1S/C20H23N5OS/c1-3-18(27-14-1)19-17(16-4-7-21-8-5-16)15-23-20(24-19)22-6-2-9-25-10-12-26-13-11-25/h1,3-5,7-8,14-15H,2,6,9-13H2,(H,22,23,24). The van der Waals surface area contributed by atoms with Gasteiger partial charge in [-0.05, 0) is 42.1 Å². The van der Waals surface area contributed by atoms with Crippen molar-refractivity contribution in [2.24, 2.45) is 0 Å². The first-order valence-corrected chi connectivity index (χ1v) is 10.1. The molecule has 1 aliphatic rings. The third-order valence-corrected chi connectivity index (χ3v) is 5.45. The lowest BCUT2D eigenvalue weighted by Crippen LogP contribution is -2.37. The average molecular weight is 382 g/mol. The van der Waals surface area contributed by atoms with E-state index < -0.39 is 0 Å². The van der Waals surface area contributed by atoms with Crippen LogP contribution < -0.4 is 5.32 Å². The summed E-state index contributed by atoms with van der Waals surface area (Å²) >= 11 is 1.69. The molecule has 6 nitrogen and oxygen atoms in total. The summed E-state index contributed by atoms with van der Waals surface area (Å²) in [7, 11) is 0. The van der Waals surface area contributed by atoms with Crippen molar-refractivity contribution in [2.75, 3.05) is 44.7 Å². The summed E-state index contributed by atoms with van der Waals surface area (Å²) in [5.41, 5.74) is 3.06. The average Bonchev–Trinajstić information content (AvgIpc) is 3.27. The molecule has 7 heteroatoms. The predicted molar refractivity (Wildman–Crippen MR) is 109 cm³/mol. The van der Waals surface area contributed by atoms with Crippen LogP contribution in [0.5, 0.6) is 0 Å². The molecule has 0 atom stereocenters. The highest BCUT2D eigenvalue weighted by molar-refractivity contribution is 7.13. The Morgan fingerprint density at radius 1 is 1.15 bits per heavy atom. The topological polar surface area (TPSA) is 63.2 Å². The fraction of sp³-hybridized carbons (Fsp3) is 0.350. The number of hydrogen-bond donors (Lipinski definition) is 1. The van der Waals surface area contributed by atoms with Crippen LogP contribution in [0.1, 0.15) is 6.42 Å². The van der Waals surface area contributed by atoms with Gasteiger partial charge >= 0.3 is 0 Å². The van der Waals surface area contributed by atoms with Crippen LogP contribution >= 0.6 is 11.3 Å². The SMILES string of the molecule is c1csc(-c2nc(NCCCN3CCOCC3)ncc2-c2ccncc2)c1. The molecule has 140 valence electrons. The van der Waals surface area contributed by atoms with Gasteiger partial charge < -0.3 is 10.1 Å². The van der Waals surface area contributed by atoms with E-state index in [0.29, 0.717) is 5.95 Å². The minimum atomic E-state index is 0.679. The Morgan fingerprint density at radius 2 is 2.00 bits per heavy atom. The Balaban J connectivity index is 1.45. The van der Waals surface area contributed by atoms with E-state index in [9.17, 15) is 0 Å². The number of nitrogens with one attached hydrogen (secondary N) is 1. The Hall–Kier alpha value is -2.35. The second-order valence-electron chi connectivity index (χ2n) is 6.40. The van der Waals surface area contributed by atoms with E-state index in [-0.39, 0.29) is 0 Å². The third kappa shape index (κ3) is 4.68. The van der Waals surface area contributed by atoms with Crippen LogP contribution in [0.4, 0.5) is 5.95 Å². The van der Waals surface area contributed by atoms with Crippen molar-refractivity contribution in [1.29, 1.82) is 0 Å². The van der Waals surface area contributed by atoms with Crippen LogP contribution in [0, 0.1) is 0 Å². The van der Waals surface area contributed by atoms with Gasteiger partial charge in [0.15, 0.2) is 0 Å². The van der Waals surface area contributed by atoms with E-state index >= 15 is 0 Å². The lowest BCUT2D eigenvalue weighted by molar-refractivity contribution is 0.0378. The number of hydrogen-bond acceptors (Lipinski definition) is 7. The molecule has 27 heavy (non-hydrogen) atoms. The molecular weight excluding hydrogens is 358 g/mol. The monoisotopic (exact) mass is 381 g/mol. The van der Waals surface area contributed by atoms with Gasteiger partial charge in [-0.25, -0.2) is 9.97 Å². The van der Waals surface area contributed by atoms with Crippen molar-refractivity contribution in [3.63, 3.8) is 0 Å². The highest BCUT2D eigenvalue weighted by atomic mass is 32.1. The molecular formula is C20H23N5OS. The van der Waals surface area contributed by atoms with Crippen molar-refractivity contribution >= 4 is 17.3 Å². The van der Waals surface area contributed by atoms with Gasteiger partial charge in [0.25, 0.3) is 0 Å². The Bertz CT molecular complexity index is 835. The van der Waals surface area contributed by atoms with Gasteiger partial charge in [0.2, 0.25) is 5.95 Å². The summed E-state index contributed by atoms with van der Waals surface area (Å²) in [5, 5.41) is 5.45. The molecule has 0 radical (unpaired) electrons. The summed E-state index contributed by atoms with van der Waals surface area (Å²) in [6, 6.07) is 8.13. The molecule has 0 aromatic carbocycles. The van der Waals surface area contributed by atoms with Crippen LogP contribution in [0.3, 0.4) is 0 Å². The number of ether oxygens (including phenoxy) is 1. The molecule has 4 rings (SSSR count). The van der Waals surface area contributed by atoms with Gasteiger partial charge in [-0.3, -0.25) is 9.88 Å². The molecule has 0 amide bonds. The predicted octanol–water partition coefficient (Wildman–Crippen LogP) is 3.40. The number of thiophene rings is 1. The number of pyridine rings is 1. The van der Waals surface area contributed by atoms with E-state index in [1.54, 1.807) is 23.7 Å². The van der Waals surface area contributed by atoms with Crippen molar-refractivity contribution in [3.05, 3.63) is 48.2 Å². The van der Waals surface area contributed by atoms with Crippen LogP contribution in [0.25, 0.3) is 21.7 Å². The van der Waals surface area contributed by atoms with E-state index in [1.807, 2.05) is 24.4 Å². The number of nitrogens with zero attached hydrogens (tertiary/aromatic N) is 4. The van der Waals surface area contributed by atoms with Gasteiger partial charge in [0.05, 0.1) is 23.8 Å².